The minimum atomic E-state index is -0.464. The van der Waals surface area contributed by atoms with Crippen LogP contribution < -0.4 is 0 Å². The molecule has 3 aromatic rings. The first kappa shape index (κ1) is 18.3. The summed E-state index contributed by atoms with van der Waals surface area (Å²) in [6.45, 7) is 4.26. The number of ether oxygens (including phenoxy) is 1. The first-order chi connectivity index (χ1) is 12.6. The predicted octanol–water partition coefficient (Wildman–Crippen LogP) is 5.96. The Morgan fingerprint density at radius 3 is 2.62 bits per heavy atom. The average Bonchev–Trinajstić information content (AvgIpc) is 2.64. The second kappa shape index (κ2) is 8.28. The number of carbonyl (C=O) groups excluding carboxylic acids is 1. The molecular weight excluding hydrogens is 344 g/mol. The second-order valence-corrected chi connectivity index (χ2v) is 7.24. The molecule has 0 aliphatic rings. The molecule has 0 aromatic heterocycles. The molecule has 0 atom stereocenters. The van der Waals surface area contributed by atoms with E-state index < -0.39 is 5.97 Å². The van der Waals surface area contributed by atoms with Crippen LogP contribution in [-0.4, -0.2) is 17.7 Å². The van der Waals surface area contributed by atoms with E-state index in [0.29, 0.717) is 6.61 Å². The molecule has 0 spiro atoms. The van der Waals surface area contributed by atoms with E-state index in [1.165, 1.54) is 10.8 Å². The summed E-state index contributed by atoms with van der Waals surface area (Å²) < 4.78 is 5.30. The topological polar surface area (TPSA) is 46.5 Å². The Morgan fingerprint density at radius 2 is 1.81 bits per heavy atom. The summed E-state index contributed by atoms with van der Waals surface area (Å²) in [7, 11) is 0. The van der Waals surface area contributed by atoms with E-state index in [4.69, 9.17) is 4.74 Å². The molecule has 0 unspecified atom stereocenters. The summed E-state index contributed by atoms with van der Waals surface area (Å²) in [5.41, 5.74) is 0.996. The van der Waals surface area contributed by atoms with E-state index in [2.05, 4.69) is 24.3 Å². The molecule has 4 heteroatoms. The zero-order valence-corrected chi connectivity index (χ0v) is 15.8. The summed E-state index contributed by atoms with van der Waals surface area (Å²) in [4.78, 5) is 14.4. The van der Waals surface area contributed by atoms with Crippen LogP contribution in [0.5, 0.6) is 5.75 Å². The van der Waals surface area contributed by atoms with Crippen molar-refractivity contribution in [2.45, 2.75) is 36.5 Å². The van der Waals surface area contributed by atoms with E-state index in [0.717, 1.165) is 28.2 Å². The largest absolute Gasteiger partial charge is 0.507 e. The molecule has 134 valence electrons. The van der Waals surface area contributed by atoms with Crippen LogP contribution in [0.2, 0.25) is 0 Å². The Labute approximate surface area is 158 Å². The minimum Gasteiger partial charge on any atom is -0.507 e. The lowest BCUT2D eigenvalue weighted by atomic mass is 10.1. The van der Waals surface area contributed by atoms with Crippen LogP contribution in [-0.2, 0) is 4.74 Å². The van der Waals surface area contributed by atoms with E-state index in [1.807, 2.05) is 38.1 Å². The van der Waals surface area contributed by atoms with Crippen LogP contribution in [0.3, 0.4) is 0 Å². The Hall–Kier alpha value is -2.46. The first-order valence-corrected chi connectivity index (χ1v) is 9.58. The standard InChI is InChI=1S/C22H22O3S/c1-3-4-14-25-22(24)21-15(2)19(13-12-18(21)23)26-20-11-7-9-16-8-5-6-10-17(16)20/h5-13,23H,3-4,14H2,1-2H3. The fourth-order valence-electron chi connectivity index (χ4n) is 2.83. The molecule has 0 heterocycles. The van der Waals surface area contributed by atoms with Crippen LogP contribution in [0, 0.1) is 6.92 Å². The van der Waals surface area contributed by atoms with Crippen molar-refractivity contribution >= 4 is 28.5 Å². The van der Waals surface area contributed by atoms with E-state index in [-0.39, 0.29) is 11.3 Å². The minimum absolute atomic E-state index is 0.0359. The fourth-order valence-corrected chi connectivity index (χ4v) is 3.90. The molecule has 0 aliphatic carbocycles. The molecule has 3 nitrogen and oxygen atoms in total. The fraction of sp³-hybridized carbons (Fsp3) is 0.227. The normalized spacial score (nSPS) is 10.8. The number of phenols is 1. The Kier molecular flexibility index (Phi) is 5.84. The van der Waals surface area contributed by atoms with Gasteiger partial charge < -0.3 is 9.84 Å². The Bertz CT molecular complexity index is 929. The maximum absolute atomic E-state index is 12.4. The number of esters is 1. The lowest BCUT2D eigenvalue weighted by molar-refractivity contribution is 0.0495. The van der Waals surface area contributed by atoms with Gasteiger partial charge in [0.2, 0.25) is 0 Å². The number of hydrogen-bond acceptors (Lipinski definition) is 4. The average molecular weight is 366 g/mol. The lowest BCUT2D eigenvalue weighted by Crippen LogP contribution is -2.09. The Morgan fingerprint density at radius 1 is 1.04 bits per heavy atom. The quantitative estimate of drug-likeness (QED) is 0.432. The van der Waals surface area contributed by atoms with E-state index in [1.54, 1.807) is 17.8 Å². The molecule has 0 saturated heterocycles. The number of phenolic OH excluding ortho intramolecular Hbond substituents is 1. The van der Waals surface area contributed by atoms with Crippen LogP contribution in [0.15, 0.2) is 64.4 Å². The summed E-state index contributed by atoms with van der Waals surface area (Å²) in [6.07, 6.45) is 1.77. The van der Waals surface area contributed by atoms with Gasteiger partial charge in [0, 0.05) is 9.79 Å². The van der Waals surface area contributed by atoms with E-state index >= 15 is 0 Å². The van der Waals surface area contributed by atoms with Crippen molar-refractivity contribution in [3.63, 3.8) is 0 Å². The second-order valence-electron chi connectivity index (χ2n) is 6.15. The summed E-state index contributed by atoms with van der Waals surface area (Å²) in [6, 6.07) is 17.8. The van der Waals surface area contributed by atoms with Gasteiger partial charge in [0.15, 0.2) is 0 Å². The highest BCUT2D eigenvalue weighted by Gasteiger charge is 2.19. The number of benzene rings is 3. The van der Waals surface area contributed by atoms with Gasteiger partial charge in [0.1, 0.15) is 11.3 Å². The highest BCUT2D eigenvalue weighted by Crippen LogP contribution is 2.38. The van der Waals surface area contributed by atoms with Crippen LogP contribution in [0.1, 0.15) is 35.7 Å². The van der Waals surface area contributed by atoms with Gasteiger partial charge in [-0.25, -0.2) is 4.79 Å². The molecule has 0 radical (unpaired) electrons. The number of fused-ring (bicyclic) bond motifs is 1. The monoisotopic (exact) mass is 366 g/mol. The SMILES string of the molecule is CCCCOC(=O)c1c(O)ccc(Sc2cccc3ccccc23)c1C. The van der Waals surface area contributed by atoms with Gasteiger partial charge in [-0.15, -0.1) is 0 Å². The van der Waals surface area contributed by atoms with Gasteiger partial charge in [-0.2, -0.15) is 0 Å². The number of rotatable bonds is 6. The number of aromatic hydroxyl groups is 1. The van der Waals surface area contributed by atoms with E-state index in [9.17, 15) is 9.90 Å². The molecule has 0 amide bonds. The van der Waals surface area contributed by atoms with Gasteiger partial charge in [0.25, 0.3) is 0 Å². The third-order valence-corrected chi connectivity index (χ3v) is 5.54. The highest BCUT2D eigenvalue weighted by molar-refractivity contribution is 7.99. The molecule has 1 N–H and O–H groups in total. The zero-order valence-electron chi connectivity index (χ0n) is 15.0. The van der Waals surface area contributed by atoms with Gasteiger partial charge >= 0.3 is 5.97 Å². The van der Waals surface area contributed by atoms with Gasteiger partial charge in [-0.3, -0.25) is 0 Å². The predicted molar refractivity (Wildman–Crippen MR) is 106 cm³/mol. The van der Waals surface area contributed by atoms with Crippen molar-refractivity contribution in [2.75, 3.05) is 6.61 Å². The highest BCUT2D eigenvalue weighted by atomic mass is 32.2. The third kappa shape index (κ3) is 3.86. The molecule has 0 fully saturated rings. The maximum Gasteiger partial charge on any atom is 0.342 e. The molecule has 3 rings (SSSR count). The number of hydrogen-bond donors (Lipinski definition) is 1. The van der Waals surface area contributed by atoms with Crippen molar-refractivity contribution in [2.24, 2.45) is 0 Å². The van der Waals surface area contributed by atoms with Gasteiger partial charge in [-0.05, 0) is 47.9 Å². The van der Waals surface area contributed by atoms with Gasteiger partial charge in [-0.1, -0.05) is 61.5 Å². The first-order valence-electron chi connectivity index (χ1n) is 8.77. The lowest BCUT2D eigenvalue weighted by Gasteiger charge is -2.13. The number of carbonyl (C=O) groups is 1. The van der Waals surface area contributed by atoms with Crippen molar-refractivity contribution in [3.8, 4) is 5.75 Å². The molecule has 3 aromatic carbocycles. The van der Waals surface area contributed by atoms with Crippen molar-refractivity contribution < 1.29 is 14.6 Å². The Balaban J connectivity index is 1.93. The molecule has 0 bridgehead atoms. The van der Waals surface area contributed by atoms with Crippen LogP contribution in [0.25, 0.3) is 10.8 Å². The smallest absolute Gasteiger partial charge is 0.342 e. The summed E-state index contributed by atoms with van der Waals surface area (Å²) in [5.74, 6) is -0.500. The maximum atomic E-state index is 12.4. The molecule has 26 heavy (non-hydrogen) atoms. The number of unbranched alkanes of at least 4 members (excludes halogenated alkanes) is 1. The van der Waals surface area contributed by atoms with Crippen molar-refractivity contribution in [1.82, 2.24) is 0 Å². The van der Waals surface area contributed by atoms with Gasteiger partial charge in [0.05, 0.1) is 6.61 Å². The zero-order chi connectivity index (χ0) is 18.5. The third-order valence-electron chi connectivity index (χ3n) is 4.30. The van der Waals surface area contributed by atoms with Crippen LogP contribution in [0.4, 0.5) is 0 Å². The van der Waals surface area contributed by atoms with Crippen LogP contribution >= 0.6 is 11.8 Å². The molecular formula is C22H22O3S. The summed E-state index contributed by atoms with van der Waals surface area (Å²) in [5, 5.41) is 12.5. The van der Waals surface area contributed by atoms with Crippen molar-refractivity contribution in [1.29, 1.82) is 0 Å². The molecule has 0 saturated carbocycles. The summed E-state index contributed by atoms with van der Waals surface area (Å²) >= 11 is 1.59. The van der Waals surface area contributed by atoms with Crippen molar-refractivity contribution in [3.05, 3.63) is 65.7 Å². The molecule has 0 aliphatic heterocycles.